The van der Waals surface area contributed by atoms with Gasteiger partial charge in [0.05, 0.1) is 13.2 Å². The molecule has 0 amide bonds. The fourth-order valence-electron chi connectivity index (χ4n) is 2.10. The van der Waals surface area contributed by atoms with E-state index in [1.165, 1.54) is 0 Å². The van der Waals surface area contributed by atoms with E-state index in [1.807, 2.05) is 50.3 Å². The molecule has 0 unspecified atom stereocenters. The molecule has 0 heterocycles. The summed E-state index contributed by atoms with van der Waals surface area (Å²) in [7, 11) is 0. The van der Waals surface area contributed by atoms with Gasteiger partial charge in [-0.15, -0.1) is 0 Å². The predicted octanol–water partition coefficient (Wildman–Crippen LogP) is 3.95. The van der Waals surface area contributed by atoms with Crippen molar-refractivity contribution in [1.82, 2.24) is 0 Å². The van der Waals surface area contributed by atoms with Crippen molar-refractivity contribution in [2.24, 2.45) is 0 Å². The maximum absolute atomic E-state index is 12.0. The van der Waals surface area contributed by atoms with Crippen LogP contribution in [0.1, 0.15) is 25.8 Å². The highest BCUT2D eigenvalue weighted by atomic mass is 16.5. The topological polar surface area (TPSA) is 35.5 Å². The van der Waals surface area contributed by atoms with Crippen LogP contribution in [-0.2, 0) is 4.79 Å². The molecule has 0 aliphatic heterocycles. The molecule has 0 spiro atoms. The molecular formula is C18H20O3. The van der Waals surface area contributed by atoms with Gasteiger partial charge in [-0.2, -0.15) is 0 Å². The van der Waals surface area contributed by atoms with Crippen molar-refractivity contribution in [3.8, 4) is 11.5 Å². The lowest BCUT2D eigenvalue weighted by molar-refractivity contribution is -0.111. The first-order chi connectivity index (χ1) is 10.2. The summed E-state index contributed by atoms with van der Waals surface area (Å²) in [6.45, 7) is 5.06. The Kier molecular flexibility index (Phi) is 5.38. The van der Waals surface area contributed by atoms with Crippen LogP contribution in [-0.4, -0.2) is 19.0 Å². The lowest BCUT2D eigenvalue weighted by atomic mass is 10.1. The molecule has 110 valence electrons. The number of hydrogen-bond acceptors (Lipinski definition) is 3. The third kappa shape index (κ3) is 4.09. The minimum atomic E-state index is 0.0317. The summed E-state index contributed by atoms with van der Waals surface area (Å²) in [6.07, 6.45) is 9.82. The van der Waals surface area contributed by atoms with E-state index in [0.717, 1.165) is 22.6 Å². The fourth-order valence-corrected chi connectivity index (χ4v) is 2.10. The van der Waals surface area contributed by atoms with Gasteiger partial charge in [-0.1, -0.05) is 18.2 Å². The molecule has 0 radical (unpaired) electrons. The summed E-state index contributed by atoms with van der Waals surface area (Å²) < 4.78 is 11.1. The molecule has 1 aromatic carbocycles. The number of allylic oxidation sites excluding steroid dienone is 5. The Labute approximate surface area is 125 Å². The van der Waals surface area contributed by atoms with E-state index >= 15 is 0 Å². The second-order valence-electron chi connectivity index (χ2n) is 4.59. The second-order valence-corrected chi connectivity index (χ2v) is 4.59. The molecule has 0 atom stereocenters. The number of rotatable bonds is 7. The highest BCUT2D eigenvalue weighted by Gasteiger charge is 2.08. The molecule has 0 bridgehead atoms. The van der Waals surface area contributed by atoms with Crippen LogP contribution in [0.5, 0.6) is 11.5 Å². The molecule has 2 rings (SSSR count). The van der Waals surface area contributed by atoms with Crippen molar-refractivity contribution in [2.45, 2.75) is 20.3 Å². The minimum Gasteiger partial charge on any atom is -0.494 e. The Morgan fingerprint density at radius 2 is 2.05 bits per heavy atom. The third-order valence-electron chi connectivity index (χ3n) is 3.09. The highest BCUT2D eigenvalue weighted by molar-refractivity contribution is 6.07. The average molecular weight is 284 g/mol. The summed E-state index contributed by atoms with van der Waals surface area (Å²) in [5.41, 5.74) is 1.66. The third-order valence-corrected chi connectivity index (χ3v) is 3.09. The van der Waals surface area contributed by atoms with E-state index in [4.69, 9.17) is 9.47 Å². The average Bonchev–Trinajstić information content (AvgIpc) is 3.02. The van der Waals surface area contributed by atoms with Gasteiger partial charge in [0.25, 0.3) is 0 Å². The van der Waals surface area contributed by atoms with E-state index in [-0.39, 0.29) is 5.78 Å². The normalized spacial score (nSPS) is 13.5. The van der Waals surface area contributed by atoms with Crippen molar-refractivity contribution in [2.75, 3.05) is 13.2 Å². The molecule has 3 heteroatoms. The molecule has 3 nitrogen and oxygen atoms in total. The summed E-state index contributed by atoms with van der Waals surface area (Å²) in [5.74, 6) is 1.56. The Balaban J connectivity index is 2.19. The molecule has 0 fully saturated rings. The van der Waals surface area contributed by atoms with Gasteiger partial charge in [-0.25, -0.2) is 0 Å². The van der Waals surface area contributed by atoms with Gasteiger partial charge in [0, 0.05) is 11.1 Å². The number of ketones is 1. The molecule has 0 aromatic heterocycles. The van der Waals surface area contributed by atoms with E-state index in [1.54, 1.807) is 12.2 Å². The smallest absolute Gasteiger partial charge is 0.182 e. The molecule has 21 heavy (non-hydrogen) atoms. The Morgan fingerprint density at radius 1 is 1.24 bits per heavy atom. The van der Waals surface area contributed by atoms with Crippen molar-refractivity contribution >= 4 is 11.9 Å². The fraction of sp³-hybridized carbons (Fsp3) is 0.278. The Hall–Kier alpha value is -2.29. The largest absolute Gasteiger partial charge is 0.494 e. The van der Waals surface area contributed by atoms with Crippen molar-refractivity contribution in [3.63, 3.8) is 0 Å². The molecule has 0 saturated heterocycles. The van der Waals surface area contributed by atoms with E-state index in [0.29, 0.717) is 19.6 Å². The van der Waals surface area contributed by atoms with Gasteiger partial charge in [-0.3, -0.25) is 4.79 Å². The van der Waals surface area contributed by atoms with Crippen LogP contribution in [0.2, 0.25) is 0 Å². The molecular weight excluding hydrogens is 264 g/mol. The first-order valence-electron chi connectivity index (χ1n) is 7.22. The van der Waals surface area contributed by atoms with Gasteiger partial charge in [0.1, 0.15) is 11.5 Å². The lowest BCUT2D eigenvalue weighted by Gasteiger charge is -2.10. The van der Waals surface area contributed by atoms with Gasteiger partial charge < -0.3 is 9.47 Å². The van der Waals surface area contributed by atoms with E-state index in [2.05, 4.69) is 0 Å². The maximum Gasteiger partial charge on any atom is 0.182 e. The number of carbonyl (C=O) groups is 1. The van der Waals surface area contributed by atoms with Gasteiger partial charge in [0.2, 0.25) is 0 Å². The summed E-state index contributed by atoms with van der Waals surface area (Å²) in [6, 6.07) is 5.63. The molecule has 0 saturated carbocycles. The first kappa shape index (κ1) is 15.1. The van der Waals surface area contributed by atoms with E-state index < -0.39 is 0 Å². The molecule has 0 N–H and O–H groups in total. The van der Waals surface area contributed by atoms with Gasteiger partial charge in [-0.05, 0) is 50.6 Å². The van der Waals surface area contributed by atoms with Crippen molar-refractivity contribution < 1.29 is 14.3 Å². The Morgan fingerprint density at radius 3 is 2.71 bits per heavy atom. The second kappa shape index (κ2) is 7.48. The monoisotopic (exact) mass is 284 g/mol. The molecule has 1 aliphatic rings. The van der Waals surface area contributed by atoms with Crippen LogP contribution in [0.15, 0.2) is 48.1 Å². The van der Waals surface area contributed by atoms with Crippen LogP contribution in [0.25, 0.3) is 6.08 Å². The number of ether oxygens (including phenoxy) is 2. The quantitative estimate of drug-likeness (QED) is 0.711. The number of carbonyl (C=O) groups excluding carboxylic acids is 1. The van der Waals surface area contributed by atoms with Gasteiger partial charge >= 0.3 is 0 Å². The molecule has 1 aromatic rings. The maximum atomic E-state index is 12.0. The number of benzene rings is 1. The van der Waals surface area contributed by atoms with Crippen LogP contribution in [0.3, 0.4) is 0 Å². The standard InChI is InChI=1S/C18H20O3/c1-3-20-16-10-12-18(21-4-2)15(13-16)9-11-17(19)14-7-5-6-8-14/h5-7,9-13H,3-4,8H2,1-2H3. The van der Waals surface area contributed by atoms with Crippen LogP contribution >= 0.6 is 0 Å². The summed E-state index contributed by atoms with van der Waals surface area (Å²) >= 11 is 0. The molecule has 1 aliphatic carbocycles. The highest BCUT2D eigenvalue weighted by Crippen LogP contribution is 2.26. The minimum absolute atomic E-state index is 0.0317. The predicted molar refractivity (Wildman–Crippen MR) is 84.7 cm³/mol. The lowest BCUT2D eigenvalue weighted by Crippen LogP contribution is -1.98. The van der Waals surface area contributed by atoms with Crippen LogP contribution < -0.4 is 9.47 Å². The van der Waals surface area contributed by atoms with Crippen molar-refractivity contribution in [3.05, 3.63) is 53.6 Å². The van der Waals surface area contributed by atoms with Gasteiger partial charge in [0.15, 0.2) is 5.78 Å². The summed E-state index contributed by atoms with van der Waals surface area (Å²) in [4.78, 5) is 12.0. The van der Waals surface area contributed by atoms with Crippen molar-refractivity contribution in [1.29, 1.82) is 0 Å². The van der Waals surface area contributed by atoms with Crippen LogP contribution in [0, 0.1) is 0 Å². The zero-order valence-corrected chi connectivity index (χ0v) is 12.5. The van der Waals surface area contributed by atoms with E-state index in [9.17, 15) is 4.79 Å². The SMILES string of the molecule is CCOc1ccc(OCC)c(C=CC(=O)C2=CC=CC2)c1. The zero-order valence-electron chi connectivity index (χ0n) is 12.5. The van der Waals surface area contributed by atoms with Crippen LogP contribution in [0.4, 0.5) is 0 Å². The number of hydrogen-bond donors (Lipinski definition) is 0. The Bertz CT molecular complexity index is 594. The summed E-state index contributed by atoms with van der Waals surface area (Å²) in [5, 5.41) is 0. The zero-order chi connectivity index (χ0) is 15.1. The first-order valence-corrected chi connectivity index (χ1v) is 7.22.